The third-order valence-electron chi connectivity index (χ3n) is 7.69. The van der Waals surface area contributed by atoms with E-state index >= 15 is 0 Å². The van der Waals surface area contributed by atoms with Crippen molar-refractivity contribution in [1.29, 1.82) is 0 Å². The van der Waals surface area contributed by atoms with E-state index in [1.54, 1.807) is 12.4 Å². The SMILES string of the molecule is CCCCCCCCc1ccc(-c2ccc(-c3cn(/N=C/c4ccccc4)c(NS(=O)(=O)c4ccc([N+](=O)[O-])cc4)n3)cc2)cc1. The third-order valence-corrected chi connectivity index (χ3v) is 9.03. The Morgan fingerprint density at radius 3 is 2.07 bits per heavy atom. The molecule has 1 aromatic heterocycles. The molecule has 0 saturated carbocycles. The van der Waals surface area contributed by atoms with Gasteiger partial charge in [0.15, 0.2) is 0 Å². The molecule has 5 aromatic rings. The normalized spacial score (nSPS) is 11.6. The second-order valence-corrected chi connectivity index (χ2v) is 12.8. The van der Waals surface area contributed by atoms with Crippen LogP contribution in [0.15, 0.2) is 119 Å². The van der Waals surface area contributed by atoms with E-state index in [0.717, 1.165) is 40.8 Å². The predicted molar refractivity (Wildman–Crippen MR) is 184 cm³/mol. The monoisotopic (exact) mass is 635 g/mol. The van der Waals surface area contributed by atoms with E-state index in [1.165, 1.54) is 60.9 Å². The highest BCUT2D eigenvalue weighted by Gasteiger charge is 2.20. The molecule has 0 aliphatic carbocycles. The number of unbranched alkanes of at least 4 members (excludes halogenated alkanes) is 5. The minimum Gasteiger partial charge on any atom is -0.258 e. The lowest BCUT2D eigenvalue weighted by Crippen LogP contribution is -2.15. The summed E-state index contributed by atoms with van der Waals surface area (Å²) >= 11 is 0. The summed E-state index contributed by atoms with van der Waals surface area (Å²) in [7, 11) is -4.12. The number of aromatic nitrogens is 2. The van der Waals surface area contributed by atoms with E-state index in [1.807, 2.05) is 54.6 Å². The summed E-state index contributed by atoms with van der Waals surface area (Å²) < 4.78 is 30.3. The van der Waals surface area contributed by atoms with Gasteiger partial charge in [-0.15, -0.1) is 0 Å². The molecule has 4 aromatic carbocycles. The van der Waals surface area contributed by atoms with Crippen LogP contribution >= 0.6 is 0 Å². The van der Waals surface area contributed by atoms with Gasteiger partial charge in [-0.3, -0.25) is 10.1 Å². The highest BCUT2D eigenvalue weighted by atomic mass is 32.2. The number of imidazole rings is 1. The Kier molecular flexibility index (Phi) is 10.7. The quantitative estimate of drug-likeness (QED) is 0.0534. The first-order chi connectivity index (χ1) is 22.3. The number of benzene rings is 4. The number of nitro benzene ring substituents is 1. The zero-order valence-electron chi connectivity index (χ0n) is 25.7. The molecule has 236 valence electrons. The number of rotatable bonds is 15. The molecule has 0 amide bonds. The number of nitrogens with zero attached hydrogens (tertiary/aromatic N) is 4. The Labute approximate surface area is 269 Å². The van der Waals surface area contributed by atoms with Crippen molar-refractivity contribution in [1.82, 2.24) is 9.66 Å². The van der Waals surface area contributed by atoms with Crippen LogP contribution in [0.2, 0.25) is 0 Å². The molecule has 0 atom stereocenters. The number of non-ortho nitro benzene ring substituents is 1. The Bertz CT molecular complexity index is 1870. The Morgan fingerprint density at radius 1 is 0.804 bits per heavy atom. The van der Waals surface area contributed by atoms with E-state index in [0.29, 0.717) is 5.69 Å². The lowest BCUT2D eigenvalue weighted by atomic mass is 9.99. The molecule has 1 heterocycles. The minimum absolute atomic E-state index is 0.0226. The van der Waals surface area contributed by atoms with Crippen LogP contribution in [0.4, 0.5) is 11.6 Å². The molecule has 0 unspecified atom stereocenters. The van der Waals surface area contributed by atoms with E-state index in [-0.39, 0.29) is 16.5 Å². The average molecular weight is 636 g/mol. The second-order valence-electron chi connectivity index (χ2n) is 11.1. The van der Waals surface area contributed by atoms with Gasteiger partial charge < -0.3 is 0 Å². The molecule has 0 radical (unpaired) electrons. The van der Waals surface area contributed by atoms with Crippen LogP contribution in [-0.2, 0) is 16.4 Å². The highest BCUT2D eigenvalue weighted by molar-refractivity contribution is 7.92. The van der Waals surface area contributed by atoms with Gasteiger partial charge in [-0.1, -0.05) is 118 Å². The number of sulfonamides is 1. The number of hydrogen-bond acceptors (Lipinski definition) is 6. The Morgan fingerprint density at radius 2 is 1.41 bits per heavy atom. The maximum atomic E-state index is 13.2. The van der Waals surface area contributed by atoms with Gasteiger partial charge in [0.05, 0.1) is 27.9 Å². The number of nitrogens with one attached hydrogen (secondary N) is 1. The van der Waals surface area contributed by atoms with Crippen LogP contribution in [0, 0.1) is 10.1 Å². The molecular weight excluding hydrogens is 598 g/mol. The van der Waals surface area contributed by atoms with Crippen LogP contribution in [0.3, 0.4) is 0 Å². The van der Waals surface area contributed by atoms with Crippen LogP contribution in [0.1, 0.15) is 56.6 Å². The third kappa shape index (κ3) is 8.54. The molecule has 46 heavy (non-hydrogen) atoms. The number of nitro groups is 1. The van der Waals surface area contributed by atoms with Crippen molar-refractivity contribution < 1.29 is 13.3 Å². The van der Waals surface area contributed by atoms with E-state index in [4.69, 9.17) is 0 Å². The van der Waals surface area contributed by atoms with Crippen molar-refractivity contribution in [2.75, 3.05) is 4.72 Å². The summed E-state index contributed by atoms with van der Waals surface area (Å²) in [4.78, 5) is 14.9. The van der Waals surface area contributed by atoms with Gasteiger partial charge in [0.2, 0.25) is 5.95 Å². The zero-order valence-corrected chi connectivity index (χ0v) is 26.6. The average Bonchev–Trinajstić information content (AvgIpc) is 3.48. The number of aryl methyl sites for hydroxylation is 1. The van der Waals surface area contributed by atoms with Crippen molar-refractivity contribution in [3.05, 3.63) is 131 Å². The lowest BCUT2D eigenvalue weighted by molar-refractivity contribution is -0.384. The molecule has 1 N–H and O–H groups in total. The van der Waals surface area contributed by atoms with Crippen molar-refractivity contribution in [3.63, 3.8) is 0 Å². The molecule has 10 heteroatoms. The van der Waals surface area contributed by atoms with Gasteiger partial charge in [-0.25, -0.2) is 22.8 Å². The summed E-state index contributed by atoms with van der Waals surface area (Å²) in [5, 5.41) is 15.5. The first kappa shape index (κ1) is 32.3. The fraction of sp³-hybridized carbons (Fsp3) is 0.222. The molecule has 0 aliphatic rings. The molecule has 0 fully saturated rings. The fourth-order valence-corrected chi connectivity index (χ4v) is 6.06. The minimum atomic E-state index is -4.12. The predicted octanol–water partition coefficient (Wildman–Crippen LogP) is 8.71. The number of anilines is 1. The van der Waals surface area contributed by atoms with Gasteiger partial charge in [0.25, 0.3) is 15.7 Å². The van der Waals surface area contributed by atoms with Crippen LogP contribution in [0.5, 0.6) is 0 Å². The van der Waals surface area contributed by atoms with Crippen molar-refractivity contribution in [3.8, 4) is 22.4 Å². The smallest absolute Gasteiger partial charge is 0.258 e. The maximum absolute atomic E-state index is 13.2. The maximum Gasteiger partial charge on any atom is 0.269 e. The molecule has 0 saturated heterocycles. The standard InChI is InChI=1S/C36H37N5O4S/c1-2-3-4-5-6-8-11-28-14-16-30(17-15-28)31-18-20-32(21-19-31)35-27-40(37-26-29-12-9-7-10-13-29)36(38-35)39-46(44,45)34-24-22-33(23-25-34)41(42)43/h7,9-10,12-27H,2-6,8,11H2,1H3,(H,38,39)/b37-26+. The second kappa shape index (κ2) is 15.3. The Hall–Kier alpha value is -5.09. The largest absolute Gasteiger partial charge is 0.269 e. The van der Waals surface area contributed by atoms with Gasteiger partial charge in [-0.2, -0.15) is 5.10 Å². The summed E-state index contributed by atoms with van der Waals surface area (Å²) in [6.45, 7) is 2.24. The lowest BCUT2D eigenvalue weighted by Gasteiger charge is -2.07. The first-order valence-electron chi connectivity index (χ1n) is 15.5. The summed E-state index contributed by atoms with van der Waals surface area (Å²) in [6, 6.07) is 30.7. The van der Waals surface area contributed by atoms with Crippen LogP contribution in [0.25, 0.3) is 22.4 Å². The summed E-state index contributed by atoms with van der Waals surface area (Å²) in [5.74, 6) is -0.0226. The van der Waals surface area contributed by atoms with Gasteiger partial charge >= 0.3 is 0 Å². The molecular formula is C36H37N5O4S. The van der Waals surface area contributed by atoms with Crippen molar-refractivity contribution >= 4 is 27.9 Å². The van der Waals surface area contributed by atoms with Crippen molar-refractivity contribution in [2.24, 2.45) is 5.10 Å². The van der Waals surface area contributed by atoms with E-state index in [9.17, 15) is 18.5 Å². The number of hydrogen-bond donors (Lipinski definition) is 1. The van der Waals surface area contributed by atoms with Crippen LogP contribution in [-0.4, -0.2) is 29.2 Å². The summed E-state index contributed by atoms with van der Waals surface area (Å²) in [6.07, 6.45) is 12.1. The molecule has 5 rings (SSSR count). The molecule has 9 nitrogen and oxygen atoms in total. The molecule has 0 aliphatic heterocycles. The highest BCUT2D eigenvalue weighted by Crippen LogP contribution is 2.27. The van der Waals surface area contributed by atoms with Crippen molar-refractivity contribution in [2.45, 2.75) is 56.8 Å². The van der Waals surface area contributed by atoms with E-state index in [2.05, 4.69) is 46.0 Å². The summed E-state index contributed by atoms with van der Waals surface area (Å²) in [5.41, 5.74) is 5.46. The van der Waals surface area contributed by atoms with Gasteiger partial charge in [0, 0.05) is 17.7 Å². The fourth-order valence-electron chi connectivity index (χ4n) is 5.07. The first-order valence-corrected chi connectivity index (χ1v) is 17.0. The van der Waals surface area contributed by atoms with Gasteiger partial charge in [0.1, 0.15) is 0 Å². The zero-order chi connectivity index (χ0) is 32.4. The van der Waals surface area contributed by atoms with E-state index < -0.39 is 14.9 Å². The molecule has 0 bridgehead atoms. The Balaban J connectivity index is 1.34. The topological polar surface area (TPSA) is 119 Å². The van der Waals surface area contributed by atoms with Crippen LogP contribution < -0.4 is 4.72 Å². The van der Waals surface area contributed by atoms with Gasteiger partial charge in [-0.05, 0) is 47.2 Å². The molecule has 0 spiro atoms.